The molecule has 7 heteroatoms. The number of aliphatic hydroxyl groups excluding tert-OH is 1. The summed E-state index contributed by atoms with van der Waals surface area (Å²) in [7, 11) is 0. The molecule has 0 aliphatic heterocycles. The van der Waals surface area contributed by atoms with E-state index in [0.717, 1.165) is 0 Å². The molecule has 1 aromatic rings. The molecule has 0 saturated carbocycles. The lowest BCUT2D eigenvalue weighted by Gasteiger charge is -2.25. The number of hydrogen-bond donors (Lipinski definition) is 4. The van der Waals surface area contributed by atoms with Crippen LogP contribution in [-0.4, -0.2) is 45.0 Å². The summed E-state index contributed by atoms with van der Waals surface area (Å²) < 4.78 is 14.2. The van der Waals surface area contributed by atoms with Crippen molar-refractivity contribution >= 4 is 11.6 Å². The molecule has 0 bridgehead atoms. The maximum absolute atomic E-state index is 14.2. The van der Waals surface area contributed by atoms with Gasteiger partial charge >= 0.3 is 0 Å². The van der Waals surface area contributed by atoms with Crippen molar-refractivity contribution in [3.63, 3.8) is 0 Å². The monoisotopic (exact) mass is 355 g/mol. The summed E-state index contributed by atoms with van der Waals surface area (Å²) in [6.07, 6.45) is -0.397. The van der Waals surface area contributed by atoms with Crippen molar-refractivity contribution in [1.82, 2.24) is 4.98 Å². The molecule has 0 aliphatic rings. The van der Waals surface area contributed by atoms with Crippen molar-refractivity contribution in [3.8, 4) is 0 Å². The Balaban J connectivity index is 3.08. The number of pyridine rings is 1. The Bertz CT molecular complexity index is 587. The topological polar surface area (TPSA) is 108 Å². The van der Waals surface area contributed by atoms with Gasteiger partial charge in [0.25, 0.3) is 5.91 Å². The summed E-state index contributed by atoms with van der Waals surface area (Å²) in [5.41, 5.74) is 4.57. The minimum Gasteiger partial charge on any atom is -0.391 e. The second-order valence-electron chi connectivity index (χ2n) is 7.50. The molecule has 25 heavy (non-hydrogen) atoms. The van der Waals surface area contributed by atoms with Crippen molar-refractivity contribution in [1.29, 1.82) is 0 Å². The lowest BCUT2D eigenvalue weighted by molar-refractivity contribution is -0.00307. The first-order valence-corrected chi connectivity index (χ1v) is 8.52. The van der Waals surface area contributed by atoms with Crippen molar-refractivity contribution in [2.24, 2.45) is 11.7 Å². The molecule has 6 nitrogen and oxygen atoms in total. The van der Waals surface area contributed by atoms with Crippen molar-refractivity contribution < 1.29 is 19.4 Å². The van der Waals surface area contributed by atoms with Crippen molar-refractivity contribution in [2.45, 2.75) is 71.4 Å². The predicted molar refractivity (Wildman–Crippen MR) is 96.2 cm³/mol. The Morgan fingerprint density at radius 3 is 2.48 bits per heavy atom. The van der Waals surface area contributed by atoms with Gasteiger partial charge in [-0.3, -0.25) is 9.78 Å². The van der Waals surface area contributed by atoms with Crippen molar-refractivity contribution in [3.05, 3.63) is 23.5 Å². The molecule has 1 rings (SSSR count). The first-order chi connectivity index (χ1) is 11.4. The van der Waals surface area contributed by atoms with Gasteiger partial charge in [-0.05, 0) is 39.2 Å². The second kappa shape index (κ2) is 8.58. The molecular weight excluding hydrogens is 325 g/mol. The number of hydrogen-bond acceptors (Lipinski definition) is 5. The van der Waals surface area contributed by atoms with Gasteiger partial charge in [0.05, 0.1) is 28.6 Å². The Morgan fingerprint density at radius 1 is 1.40 bits per heavy atom. The summed E-state index contributed by atoms with van der Waals surface area (Å²) in [5, 5.41) is 23.1. The molecule has 1 heterocycles. The number of nitrogens with one attached hydrogen (secondary N) is 1. The van der Waals surface area contributed by atoms with Gasteiger partial charge in [0.15, 0.2) is 0 Å². The molecule has 0 aromatic carbocycles. The number of carbonyl (C=O) groups excluding carboxylic acids is 1. The molecule has 0 saturated heterocycles. The zero-order chi connectivity index (χ0) is 19.4. The zero-order valence-electron chi connectivity index (χ0n) is 15.6. The number of carbonyl (C=O) groups is 1. The van der Waals surface area contributed by atoms with Crippen molar-refractivity contribution in [2.75, 3.05) is 5.32 Å². The number of halogens is 1. The highest BCUT2D eigenvalue weighted by molar-refractivity contribution is 5.99. The highest BCUT2D eigenvalue weighted by atomic mass is 19.1. The van der Waals surface area contributed by atoms with E-state index in [1.54, 1.807) is 13.0 Å². The van der Waals surface area contributed by atoms with Crippen LogP contribution in [0.15, 0.2) is 12.3 Å². The Kier molecular flexibility index (Phi) is 7.31. The second-order valence-corrected chi connectivity index (χ2v) is 7.50. The van der Waals surface area contributed by atoms with E-state index in [1.165, 1.54) is 20.0 Å². The average molecular weight is 355 g/mol. The number of primary amides is 1. The maximum Gasteiger partial charge on any atom is 0.252 e. The van der Waals surface area contributed by atoms with E-state index in [1.807, 2.05) is 13.8 Å². The third-order valence-corrected chi connectivity index (χ3v) is 4.09. The lowest BCUT2D eigenvalue weighted by Crippen LogP contribution is -2.35. The molecule has 3 atom stereocenters. The van der Waals surface area contributed by atoms with Gasteiger partial charge in [0.2, 0.25) is 0 Å². The molecule has 0 fully saturated rings. The highest BCUT2D eigenvalue weighted by Crippen LogP contribution is 2.24. The summed E-state index contributed by atoms with van der Waals surface area (Å²) in [6, 6.07) is 1.24. The largest absolute Gasteiger partial charge is 0.391 e. The number of aromatic nitrogens is 1. The van der Waals surface area contributed by atoms with Gasteiger partial charge in [0, 0.05) is 18.7 Å². The van der Waals surface area contributed by atoms with Gasteiger partial charge in [-0.2, -0.15) is 0 Å². The normalized spacial score (nSPS) is 15.7. The van der Waals surface area contributed by atoms with Crippen LogP contribution in [0.5, 0.6) is 0 Å². The number of nitrogens with two attached hydrogens (primary N) is 1. The number of aliphatic hydroxyl groups is 2. The van der Waals surface area contributed by atoms with Gasteiger partial charge in [-0.15, -0.1) is 0 Å². The standard InChI is InChI=1S/C18H30FN3O3/c1-10(2)8-14(23)11(3)22-12-6-7-21-13(16(12)17(20)24)9-15(19)18(4,5)25/h6-7,10-11,14-15,23,25H,8-9H2,1-5H3,(H2,20,24)(H,21,22)/t11-,14?,15+/m0/s1. The minimum atomic E-state index is -1.60. The molecule has 1 unspecified atom stereocenters. The third kappa shape index (κ3) is 6.25. The van der Waals surface area contributed by atoms with E-state index in [9.17, 15) is 19.4 Å². The van der Waals surface area contributed by atoms with Crippen LogP contribution >= 0.6 is 0 Å². The number of alkyl halides is 1. The molecular formula is C18H30FN3O3. The van der Waals surface area contributed by atoms with Crippen LogP contribution in [0.3, 0.4) is 0 Å². The molecule has 0 spiro atoms. The molecule has 0 radical (unpaired) electrons. The van der Waals surface area contributed by atoms with Crippen LogP contribution in [-0.2, 0) is 6.42 Å². The van der Waals surface area contributed by atoms with Gasteiger partial charge in [0.1, 0.15) is 6.17 Å². The number of nitrogens with zero attached hydrogens (tertiary/aromatic N) is 1. The van der Waals surface area contributed by atoms with E-state index in [2.05, 4.69) is 10.3 Å². The number of rotatable bonds is 9. The smallest absolute Gasteiger partial charge is 0.252 e. The third-order valence-electron chi connectivity index (χ3n) is 4.09. The summed E-state index contributed by atoms with van der Waals surface area (Å²) in [6.45, 7) is 8.52. The fraction of sp³-hybridized carbons (Fsp3) is 0.667. The molecule has 1 aromatic heterocycles. The summed E-state index contributed by atoms with van der Waals surface area (Å²) in [5.74, 6) is -0.416. The van der Waals surface area contributed by atoms with Gasteiger partial charge in [-0.1, -0.05) is 13.8 Å². The summed E-state index contributed by atoms with van der Waals surface area (Å²) in [4.78, 5) is 16.0. The van der Waals surface area contributed by atoms with Crippen LogP contribution in [0.4, 0.5) is 10.1 Å². The molecule has 1 amide bonds. The Labute approximate surface area is 148 Å². The molecule has 142 valence electrons. The van der Waals surface area contributed by atoms with Crippen LogP contribution in [0.1, 0.15) is 57.1 Å². The molecule has 0 aliphatic carbocycles. The maximum atomic E-state index is 14.2. The number of amides is 1. The zero-order valence-corrected chi connectivity index (χ0v) is 15.6. The predicted octanol–water partition coefficient (Wildman–Crippen LogP) is 2.04. The fourth-order valence-corrected chi connectivity index (χ4v) is 2.50. The highest BCUT2D eigenvalue weighted by Gasteiger charge is 2.29. The van der Waals surface area contributed by atoms with E-state index >= 15 is 0 Å². The number of anilines is 1. The molecule has 5 N–H and O–H groups in total. The Hall–Kier alpha value is -1.73. The van der Waals surface area contributed by atoms with Crippen LogP contribution in [0, 0.1) is 5.92 Å². The summed E-state index contributed by atoms with van der Waals surface area (Å²) >= 11 is 0. The quantitative estimate of drug-likeness (QED) is 0.542. The van der Waals surface area contributed by atoms with E-state index < -0.39 is 23.8 Å². The Morgan fingerprint density at radius 2 is 2.00 bits per heavy atom. The van der Waals surface area contributed by atoms with Gasteiger partial charge < -0.3 is 21.3 Å². The first kappa shape index (κ1) is 21.3. The SMILES string of the molecule is CC(C)CC(O)[C@H](C)Nc1ccnc(C[C@@H](F)C(C)(C)O)c1C(N)=O. The first-order valence-electron chi connectivity index (χ1n) is 8.52. The van der Waals surface area contributed by atoms with Crippen LogP contribution in [0.2, 0.25) is 0 Å². The van der Waals surface area contributed by atoms with Crippen LogP contribution < -0.4 is 11.1 Å². The van der Waals surface area contributed by atoms with Gasteiger partial charge in [-0.25, -0.2) is 4.39 Å². The fourth-order valence-electron chi connectivity index (χ4n) is 2.50. The van der Waals surface area contributed by atoms with E-state index in [-0.39, 0.29) is 23.7 Å². The van der Waals surface area contributed by atoms with Crippen LogP contribution in [0.25, 0.3) is 0 Å². The van der Waals surface area contributed by atoms with E-state index in [0.29, 0.717) is 18.0 Å². The average Bonchev–Trinajstić information content (AvgIpc) is 2.45. The lowest BCUT2D eigenvalue weighted by atomic mass is 9.96. The van der Waals surface area contributed by atoms with E-state index in [4.69, 9.17) is 5.73 Å². The minimum absolute atomic E-state index is 0.0815.